The summed E-state index contributed by atoms with van der Waals surface area (Å²) in [5.74, 6) is -0.110. The van der Waals surface area contributed by atoms with Crippen molar-refractivity contribution < 1.29 is 9.53 Å². The van der Waals surface area contributed by atoms with Crippen molar-refractivity contribution in [1.82, 2.24) is 5.32 Å². The smallest absolute Gasteiger partial charge is 0.251 e. The zero-order chi connectivity index (χ0) is 15.1. The lowest BCUT2D eigenvalue weighted by atomic mass is 10.1. The van der Waals surface area contributed by atoms with Gasteiger partial charge in [0.25, 0.3) is 5.91 Å². The molecular weight excluding hydrogens is 264 g/mol. The molecule has 2 aromatic carbocycles. The fourth-order valence-electron chi connectivity index (χ4n) is 1.99. The van der Waals surface area contributed by atoms with E-state index in [9.17, 15) is 4.79 Å². The molecule has 0 atom stereocenters. The highest BCUT2D eigenvalue weighted by atomic mass is 16.5. The number of benzene rings is 2. The van der Waals surface area contributed by atoms with Gasteiger partial charge in [0.2, 0.25) is 0 Å². The number of hydrogen-bond donors (Lipinski definition) is 2. The van der Waals surface area contributed by atoms with Crippen LogP contribution in [0.2, 0.25) is 0 Å². The van der Waals surface area contributed by atoms with E-state index in [-0.39, 0.29) is 5.91 Å². The van der Waals surface area contributed by atoms with Crippen molar-refractivity contribution in [2.24, 2.45) is 0 Å². The molecule has 2 aromatic rings. The summed E-state index contributed by atoms with van der Waals surface area (Å²) in [4.78, 5) is 12.1. The number of ether oxygens (including phenoxy) is 1. The molecule has 2 rings (SSSR count). The van der Waals surface area contributed by atoms with E-state index < -0.39 is 0 Å². The zero-order valence-electron chi connectivity index (χ0n) is 12.1. The molecule has 0 heterocycles. The Kier molecular flexibility index (Phi) is 5.35. The SMILES string of the molecule is CCOCc1ccccc1CNC(=O)c1ccc(N)cc1. The average molecular weight is 284 g/mol. The number of amides is 1. The largest absolute Gasteiger partial charge is 0.399 e. The highest BCUT2D eigenvalue weighted by Crippen LogP contribution is 2.11. The van der Waals surface area contributed by atoms with Crippen molar-refractivity contribution in [1.29, 1.82) is 0 Å². The molecule has 0 fully saturated rings. The molecule has 110 valence electrons. The molecular formula is C17H20N2O2. The molecule has 0 bridgehead atoms. The maximum Gasteiger partial charge on any atom is 0.251 e. The van der Waals surface area contributed by atoms with E-state index in [1.54, 1.807) is 24.3 Å². The van der Waals surface area contributed by atoms with Gasteiger partial charge in [0.1, 0.15) is 0 Å². The molecule has 0 aliphatic carbocycles. The highest BCUT2D eigenvalue weighted by Gasteiger charge is 2.07. The van der Waals surface area contributed by atoms with Crippen LogP contribution in [0.15, 0.2) is 48.5 Å². The van der Waals surface area contributed by atoms with Crippen molar-refractivity contribution >= 4 is 11.6 Å². The number of hydrogen-bond acceptors (Lipinski definition) is 3. The Balaban J connectivity index is 1.99. The van der Waals surface area contributed by atoms with Crippen LogP contribution in [0.25, 0.3) is 0 Å². The van der Waals surface area contributed by atoms with Crippen LogP contribution in [0.3, 0.4) is 0 Å². The van der Waals surface area contributed by atoms with E-state index in [4.69, 9.17) is 10.5 Å². The molecule has 0 radical (unpaired) electrons. The van der Waals surface area contributed by atoms with E-state index in [0.717, 1.165) is 11.1 Å². The van der Waals surface area contributed by atoms with Crippen molar-refractivity contribution in [3.8, 4) is 0 Å². The molecule has 0 aliphatic heterocycles. The Hall–Kier alpha value is -2.33. The van der Waals surface area contributed by atoms with Crippen LogP contribution in [-0.4, -0.2) is 12.5 Å². The zero-order valence-corrected chi connectivity index (χ0v) is 12.1. The molecule has 0 unspecified atom stereocenters. The van der Waals surface area contributed by atoms with Crippen LogP contribution in [0.1, 0.15) is 28.4 Å². The van der Waals surface area contributed by atoms with Crippen LogP contribution >= 0.6 is 0 Å². The number of carbonyl (C=O) groups excluding carboxylic acids is 1. The third-order valence-electron chi connectivity index (χ3n) is 3.19. The number of nitrogens with one attached hydrogen (secondary N) is 1. The Morgan fingerprint density at radius 2 is 1.76 bits per heavy atom. The first-order valence-electron chi connectivity index (χ1n) is 6.99. The topological polar surface area (TPSA) is 64.3 Å². The summed E-state index contributed by atoms with van der Waals surface area (Å²) in [5, 5.41) is 2.92. The van der Waals surface area contributed by atoms with Gasteiger partial charge in [-0.05, 0) is 42.3 Å². The normalized spacial score (nSPS) is 10.3. The molecule has 0 saturated heterocycles. The quantitative estimate of drug-likeness (QED) is 0.802. The van der Waals surface area contributed by atoms with Crippen LogP contribution in [0.5, 0.6) is 0 Å². The second kappa shape index (κ2) is 7.45. The molecule has 3 N–H and O–H groups in total. The maximum absolute atomic E-state index is 12.1. The van der Waals surface area contributed by atoms with E-state index in [0.29, 0.717) is 31.0 Å². The lowest BCUT2D eigenvalue weighted by Gasteiger charge is -2.11. The van der Waals surface area contributed by atoms with Gasteiger partial charge in [-0.25, -0.2) is 0 Å². The van der Waals surface area contributed by atoms with Crippen molar-refractivity contribution in [3.63, 3.8) is 0 Å². The van der Waals surface area contributed by atoms with Gasteiger partial charge in [0.05, 0.1) is 6.61 Å². The maximum atomic E-state index is 12.1. The van der Waals surface area contributed by atoms with Crippen LogP contribution in [0.4, 0.5) is 5.69 Å². The van der Waals surface area contributed by atoms with E-state index in [2.05, 4.69) is 5.32 Å². The van der Waals surface area contributed by atoms with Gasteiger partial charge in [-0.1, -0.05) is 24.3 Å². The number of carbonyl (C=O) groups is 1. The minimum Gasteiger partial charge on any atom is -0.399 e. The first-order chi connectivity index (χ1) is 10.2. The van der Waals surface area contributed by atoms with Gasteiger partial charge in [0, 0.05) is 24.4 Å². The van der Waals surface area contributed by atoms with Gasteiger partial charge in [0.15, 0.2) is 0 Å². The number of anilines is 1. The van der Waals surface area contributed by atoms with E-state index >= 15 is 0 Å². The van der Waals surface area contributed by atoms with Gasteiger partial charge < -0.3 is 15.8 Å². The number of nitrogens with two attached hydrogens (primary N) is 1. The predicted octanol–water partition coefficient (Wildman–Crippen LogP) is 2.74. The lowest BCUT2D eigenvalue weighted by molar-refractivity contribution is 0.0950. The van der Waals surface area contributed by atoms with Crippen LogP contribution in [0, 0.1) is 0 Å². The van der Waals surface area contributed by atoms with E-state index in [1.807, 2.05) is 31.2 Å². The Bertz CT molecular complexity index is 594. The minimum atomic E-state index is -0.110. The molecule has 1 amide bonds. The Morgan fingerprint density at radius 3 is 2.43 bits per heavy atom. The molecule has 0 spiro atoms. The van der Waals surface area contributed by atoms with Gasteiger partial charge in [-0.3, -0.25) is 4.79 Å². The summed E-state index contributed by atoms with van der Waals surface area (Å²) in [6.45, 7) is 3.68. The fourth-order valence-corrected chi connectivity index (χ4v) is 1.99. The van der Waals surface area contributed by atoms with Crippen molar-refractivity contribution in [3.05, 3.63) is 65.2 Å². The summed E-state index contributed by atoms with van der Waals surface area (Å²) in [6.07, 6.45) is 0. The van der Waals surface area contributed by atoms with Crippen molar-refractivity contribution in [2.75, 3.05) is 12.3 Å². The summed E-state index contributed by atoms with van der Waals surface area (Å²) in [6, 6.07) is 14.8. The predicted molar refractivity (Wildman–Crippen MR) is 83.8 cm³/mol. The van der Waals surface area contributed by atoms with Crippen LogP contribution in [-0.2, 0) is 17.9 Å². The van der Waals surface area contributed by atoms with Gasteiger partial charge in [-0.2, -0.15) is 0 Å². The second-order valence-electron chi connectivity index (χ2n) is 4.71. The summed E-state index contributed by atoms with van der Waals surface area (Å²) >= 11 is 0. The molecule has 0 aliphatic rings. The minimum absolute atomic E-state index is 0.110. The third-order valence-corrected chi connectivity index (χ3v) is 3.19. The van der Waals surface area contributed by atoms with Crippen molar-refractivity contribution in [2.45, 2.75) is 20.1 Å². The summed E-state index contributed by atoms with van der Waals surface area (Å²) in [5.41, 5.74) is 9.02. The fraction of sp³-hybridized carbons (Fsp3) is 0.235. The van der Waals surface area contributed by atoms with Crippen LogP contribution < -0.4 is 11.1 Å². The average Bonchev–Trinajstić information content (AvgIpc) is 2.52. The number of rotatable bonds is 6. The summed E-state index contributed by atoms with van der Waals surface area (Å²) in [7, 11) is 0. The number of nitrogen functional groups attached to an aromatic ring is 1. The third kappa shape index (κ3) is 4.33. The van der Waals surface area contributed by atoms with E-state index in [1.165, 1.54) is 0 Å². The molecule has 0 aromatic heterocycles. The molecule has 0 saturated carbocycles. The monoisotopic (exact) mass is 284 g/mol. The molecule has 4 nitrogen and oxygen atoms in total. The van der Waals surface area contributed by atoms with Gasteiger partial charge in [-0.15, -0.1) is 0 Å². The Morgan fingerprint density at radius 1 is 1.10 bits per heavy atom. The lowest BCUT2D eigenvalue weighted by Crippen LogP contribution is -2.23. The molecule has 21 heavy (non-hydrogen) atoms. The first-order valence-corrected chi connectivity index (χ1v) is 6.99. The Labute approximate surface area is 124 Å². The second-order valence-corrected chi connectivity index (χ2v) is 4.71. The first kappa shape index (κ1) is 15.1. The summed E-state index contributed by atoms with van der Waals surface area (Å²) < 4.78 is 5.44. The molecule has 4 heteroatoms. The van der Waals surface area contributed by atoms with Gasteiger partial charge >= 0.3 is 0 Å². The standard InChI is InChI=1S/C17H20N2O2/c1-2-21-12-15-6-4-3-5-14(15)11-19-17(20)13-7-9-16(18)10-8-13/h3-10H,2,11-12,18H2,1H3,(H,19,20). The highest BCUT2D eigenvalue weighted by molar-refractivity contribution is 5.94.